The van der Waals surface area contributed by atoms with Gasteiger partial charge in [-0.25, -0.2) is 9.97 Å². The summed E-state index contributed by atoms with van der Waals surface area (Å²) < 4.78 is 0. The Balaban J connectivity index is 1.27. The number of anilines is 3. The van der Waals surface area contributed by atoms with E-state index < -0.39 is 0 Å². The quantitative estimate of drug-likeness (QED) is 0.355. The van der Waals surface area contributed by atoms with Gasteiger partial charge < -0.3 is 15.5 Å². The lowest BCUT2D eigenvalue weighted by molar-refractivity contribution is 0.0953. The lowest BCUT2D eigenvalue weighted by Gasteiger charge is -2.19. The molecule has 166 valence electrons. The van der Waals surface area contributed by atoms with Gasteiger partial charge in [-0.05, 0) is 48.9 Å². The van der Waals surface area contributed by atoms with Crippen LogP contribution in [0.15, 0.2) is 97.2 Å². The Bertz CT molecular complexity index is 1160. The minimum absolute atomic E-state index is 0.0719. The summed E-state index contributed by atoms with van der Waals surface area (Å²) >= 11 is 0. The highest BCUT2D eigenvalue weighted by Crippen LogP contribution is 2.19. The predicted molar refractivity (Wildman–Crippen MR) is 134 cm³/mol. The average molecular weight is 438 g/mol. The molecule has 6 nitrogen and oxygen atoms in total. The molecule has 0 saturated heterocycles. The summed E-state index contributed by atoms with van der Waals surface area (Å²) in [5, 5.41) is 6.27. The zero-order valence-corrected chi connectivity index (χ0v) is 18.6. The molecule has 0 aliphatic rings. The van der Waals surface area contributed by atoms with Gasteiger partial charge in [-0.2, -0.15) is 0 Å². The van der Waals surface area contributed by atoms with E-state index in [9.17, 15) is 4.79 Å². The van der Waals surface area contributed by atoms with E-state index in [1.165, 1.54) is 5.69 Å². The molecule has 2 N–H and O–H groups in total. The molecule has 4 rings (SSSR count). The summed E-state index contributed by atoms with van der Waals surface area (Å²) in [5.74, 6) is 1.29. The summed E-state index contributed by atoms with van der Waals surface area (Å²) in [6, 6.07) is 29.3. The van der Waals surface area contributed by atoms with Gasteiger partial charge in [-0.1, -0.05) is 48.5 Å². The van der Waals surface area contributed by atoms with E-state index in [1.807, 2.05) is 78.9 Å². The van der Waals surface area contributed by atoms with E-state index in [1.54, 1.807) is 6.20 Å². The second kappa shape index (κ2) is 10.9. The van der Waals surface area contributed by atoms with Crippen LogP contribution in [0.25, 0.3) is 11.4 Å². The van der Waals surface area contributed by atoms with Crippen LogP contribution in [0.4, 0.5) is 17.2 Å². The highest BCUT2D eigenvalue weighted by molar-refractivity contribution is 5.94. The maximum Gasteiger partial charge on any atom is 0.251 e. The van der Waals surface area contributed by atoms with E-state index in [0.717, 1.165) is 24.2 Å². The third kappa shape index (κ3) is 6.17. The molecular formula is C27H27N5O. The van der Waals surface area contributed by atoms with Crippen LogP contribution >= 0.6 is 0 Å². The van der Waals surface area contributed by atoms with Crippen molar-refractivity contribution in [1.29, 1.82) is 0 Å². The van der Waals surface area contributed by atoms with E-state index in [-0.39, 0.29) is 5.91 Å². The molecule has 0 saturated carbocycles. The Labute approximate surface area is 194 Å². The van der Waals surface area contributed by atoms with Crippen molar-refractivity contribution in [3.8, 4) is 11.4 Å². The van der Waals surface area contributed by atoms with Gasteiger partial charge in [-0.15, -0.1) is 0 Å². The van der Waals surface area contributed by atoms with E-state index in [2.05, 4.69) is 44.7 Å². The minimum Gasteiger partial charge on any atom is -0.375 e. The number of nitrogens with zero attached hydrogens (tertiary/aromatic N) is 3. The van der Waals surface area contributed by atoms with E-state index in [4.69, 9.17) is 0 Å². The molecule has 0 aliphatic heterocycles. The van der Waals surface area contributed by atoms with Crippen molar-refractivity contribution < 1.29 is 4.79 Å². The summed E-state index contributed by atoms with van der Waals surface area (Å²) in [7, 11) is 2.06. The standard InChI is InChI=1S/C27H27N5O/c1-32(24-11-6-3-7-12-24)20-8-18-29-27(33)22-13-15-23(16-14-22)30-25-17-19-28-26(31-25)21-9-4-2-5-10-21/h2-7,9-17,19H,8,18,20H2,1H3,(H,29,33)(H,28,30,31). The molecule has 33 heavy (non-hydrogen) atoms. The molecule has 1 amide bonds. The molecule has 0 fully saturated rings. The minimum atomic E-state index is -0.0719. The number of aromatic nitrogens is 2. The fraction of sp³-hybridized carbons (Fsp3) is 0.148. The number of rotatable bonds is 9. The number of para-hydroxylation sites is 1. The largest absolute Gasteiger partial charge is 0.375 e. The molecule has 0 atom stereocenters. The lowest BCUT2D eigenvalue weighted by atomic mass is 10.2. The van der Waals surface area contributed by atoms with Crippen LogP contribution in [0.1, 0.15) is 16.8 Å². The van der Waals surface area contributed by atoms with Crippen LogP contribution in [-0.2, 0) is 0 Å². The second-order valence-corrected chi connectivity index (χ2v) is 7.70. The zero-order chi connectivity index (χ0) is 22.9. The summed E-state index contributed by atoms with van der Waals surface area (Å²) in [5.41, 5.74) is 3.62. The third-order valence-corrected chi connectivity index (χ3v) is 5.26. The molecule has 0 bridgehead atoms. The molecule has 0 spiro atoms. The van der Waals surface area contributed by atoms with Gasteiger partial charge in [0.1, 0.15) is 5.82 Å². The van der Waals surface area contributed by atoms with E-state index in [0.29, 0.717) is 23.8 Å². The zero-order valence-electron chi connectivity index (χ0n) is 18.6. The predicted octanol–water partition coefficient (Wildman–Crippen LogP) is 5.14. The molecule has 3 aromatic carbocycles. The number of nitrogens with one attached hydrogen (secondary N) is 2. The molecule has 0 radical (unpaired) electrons. The van der Waals surface area contributed by atoms with Crippen LogP contribution in [0.3, 0.4) is 0 Å². The SMILES string of the molecule is CN(CCCNC(=O)c1ccc(Nc2ccnc(-c3ccccc3)n2)cc1)c1ccccc1. The second-order valence-electron chi connectivity index (χ2n) is 7.70. The van der Waals surface area contributed by atoms with Gasteiger partial charge in [0.05, 0.1) is 0 Å². The van der Waals surface area contributed by atoms with Gasteiger partial charge in [0.2, 0.25) is 0 Å². The van der Waals surface area contributed by atoms with Crippen molar-refractivity contribution >= 4 is 23.1 Å². The van der Waals surface area contributed by atoms with Gasteiger partial charge in [-0.3, -0.25) is 4.79 Å². The Morgan fingerprint density at radius 1 is 0.879 bits per heavy atom. The summed E-state index contributed by atoms with van der Waals surface area (Å²) in [6.07, 6.45) is 2.60. The molecule has 0 unspecified atom stereocenters. The van der Waals surface area contributed by atoms with Crippen molar-refractivity contribution in [2.45, 2.75) is 6.42 Å². The molecule has 4 aromatic rings. The normalized spacial score (nSPS) is 10.5. The monoisotopic (exact) mass is 437 g/mol. The van der Waals surface area contributed by atoms with Crippen molar-refractivity contribution in [2.24, 2.45) is 0 Å². The highest BCUT2D eigenvalue weighted by Gasteiger charge is 2.07. The fourth-order valence-electron chi connectivity index (χ4n) is 3.44. The molecular weight excluding hydrogens is 410 g/mol. The smallest absolute Gasteiger partial charge is 0.251 e. The van der Waals surface area contributed by atoms with Crippen LogP contribution in [0, 0.1) is 0 Å². The molecule has 1 heterocycles. The van der Waals surface area contributed by atoms with Crippen molar-refractivity contribution in [3.63, 3.8) is 0 Å². The first-order chi connectivity index (χ1) is 16.2. The number of carbonyl (C=O) groups is 1. The number of hydrogen-bond donors (Lipinski definition) is 2. The first-order valence-corrected chi connectivity index (χ1v) is 11.0. The lowest BCUT2D eigenvalue weighted by Crippen LogP contribution is -2.28. The number of hydrogen-bond acceptors (Lipinski definition) is 5. The molecule has 6 heteroatoms. The summed E-state index contributed by atoms with van der Waals surface area (Å²) in [6.45, 7) is 1.50. The Kier molecular flexibility index (Phi) is 7.28. The molecule has 0 aliphatic carbocycles. The number of carbonyl (C=O) groups excluding carboxylic acids is 1. The topological polar surface area (TPSA) is 70.2 Å². The molecule has 1 aromatic heterocycles. The van der Waals surface area contributed by atoms with Crippen LogP contribution in [-0.4, -0.2) is 36.0 Å². The highest BCUT2D eigenvalue weighted by atomic mass is 16.1. The fourth-order valence-corrected chi connectivity index (χ4v) is 3.44. The first kappa shape index (κ1) is 22.0. The Hall–Kier alpha value is -4.19. The Morgan fingerprint density at radius 3 is 2.30 bits per heavy atom. The van der Waals surface area contributed by atoms with Gasteiger partial charge >= 0.3 is 0 Å². The van der Waals surface area contributed by atoms with Gasteiger partial charge in [0.15, 0.2) is 5.82 Å². The Morgan fingerprint density at radius 2 is 1.58 bits per heavy atom. The van der Waals surface area contributed by atoms with Crippen LogP contribution in [0.5, 0.6) is 0 Å². The van der Waals surface area contributed by atoms with Crippen LogP contribution in [0.2, 0.25) is 0 Å². The maximum absolute atomic E-state index is 12.5. The third-order valence-electron chi connectivity index (χ3n) is 5.26. The van der Waals surface area contributed by atoms with E-state index >= 15 is 0 Å². The van der Waals surface area contributed by atoms with Gasteiger partial charge in [0.25, 0.3) is 5.91 Å². The number of amides is 1. The van der Waals surface area contributed by atoms with Crippen molar-refractivity contribution in [3.05, 3.63) is 103 Å². The van der Waals surface area contributed by atoms with Crippen molar-refractivity contribution in [1.82, 2.24) is 15.3 Å². The maximum atomic E-state index is 12.5. The van der Waals surface area contributed by atoms with Crippen molar-refractivity contribution in [2.75, 3.05) is 30.4 Å². The van der Waals surface area contributed by atoms with Gasteiger partial charge in [0, 0.05) is 48.8 Å². The first-order valence-electron chi connectivity index (χ1n) is 11.0. The van der Waals surface area contributed by atoms with Crippen LogP contribution < -0.4 is 15.5 Å². The number of benzene rings is 3. The average Bonchev–Trinajstić information content (AvgIpc) is 2.88. The summed E-state index contributed by atoms with van der Waals surface area (Å²) in [4.78, 5) is 23.6.